The topological polar surface area (TPSA) is 75.6 Å². The Labute approximate surface area is 233 Å². The zero-order chi connectivity index (χ0) is 25.0. The molecule has 36 heavy (non-hydrogen) atoms. The fraction of sp³-hybridized carbons (Fsp3) is 0.517. The van der Waals surface area contributed by atoms with Crippen LogP contribution in [0.15, 0.2) is 48.5 Å². The van der Waals surface area contributed by atoms with E-state index >= 15 is 0 Å². The van der Waals surface area contributed by atoms with E-state index in [-0.39, 0.29) is 31.4 Å². The minimum atomic E-state index is -1.02. The first-order valence-electron chi connectivity index (χ1n) is 12.8. The molecule has 1 aliphatic carbocycles. The first-order valence-corrected chi connectivity index (χ1v) is 14.1. The van der Waals surface area contributed by atoms with Gasteiger partial charge in [-0.1, -0.05) is 74.6 Å². The molecule has 0 bridgehead atoms. The van der Waals surface area contributed by atoms with Crippen LogP contribution in [0.4, 0.5) is 0 Å². The normalized spacial score (nSPS) is 15.5. The van der Waals surface area contributed by atoms with Gasteiger partial charge in [-0.25, -0.2) is 4.79 Å². The van der Waals surface area contributed by atoms with Crippen molar-refractivity contribution in [3.63, 3.8) is 0 Å². The van der Waals surface area contributed by atoms with Crippen molar-refractivity contribution in [3.8, 4) is 11.1 Å². The molecule has 1 amide bonds. The van der Waals surface area contributed by atoms with Crippen molar-refractivity contribution >= 4 is 23.6 Å². The molecule has 0 heterocycles. The van der Waals surface area contributed by atoms with E-state index < -0.39 is 12.0 Å². The molecule has 3 rings (SSSR count). The smallest absolute Gasteiger partial charge is 1.00 e. The number of nitrogens with one attached hydrogen (secondary N) is 1. The van der Waals surface area contributed by atoms with Gasteiger partial charge in [-0.3, -0.25) is 4.79 Å². The van der Waals surface area contributed by atoms with Crippen molar-refractivity contribution in [1.82, 2.24) is 5.32 Å². The number of aryl methyl sites for hydroxylation is 1. The van der Waals surface area contributed by atoms with Gasteiger partial charge in [0.2, 0.25) is 0 Å². The number of ether oxygens (including phenoxy) is 1. The van der Waals surface area contributed by atoms with E-state index in [4.69, 9.17) is 4.74 Å². The van der Waals surface area contributed by atoms with Crippen LogP contribution in [0, 0.1) is 12.8 Å². The number of carbonyl (C=O) groups is 2. The fourth-order valence-corrected chi connectivity index (χ4v) is 5.53. The van der Waals surface area contributed by atoms with E-state index in [2.05, 4.69) is 5.32 Å². The summed E-state index contributed by atoms with van der Waals surface area (Å²) in [6, 6.07) is 14.2. The third kappa shape index (κ3) is 9.30. The Kier molecular flexibility index (Phi) is 13.7. The summed E-state index contributed by atoms with van der Waals surface area (Å²) in [6.45, 7) is 3.20. The Morgan fingerprint density at radius 3 is 2.42 bits per heavy atom. The molecule has 2 N–H and O–H groups in total. The largest absolute Gasteiger partial charge is 1.00 e. The molecule has 0 spiro atoms. The molecule has 0 aromatic heterocycles. The zero-order valence-corrected chi connectivity index (χ0v) is 22.8. The fourth-order valence-electron chi connectivity index (χ4n) is 4.91. The molecule has 1 fully saturated rings. The number of rotatable bonds is 13. The Bertz CT molecular complexity index is 970. The van der Waals surface area contributed by atoms with Crippen molar-refractivity contribution in [2.24, 2.45) is 5.92 Å². The van der Waals surface area contributed by atoms with Gasteiger partial charge in [0.25, 0.3) is 5.91 Å². The second kappa shape index (κ2) is 16.2. The number of benzene rings is 2. The first-order chi connectivity index (χ1) is 17.0. The van der Waals surface area contributed by atoms with Crippen molar-refractivity contribution in [1.29, 1.82) is 0 Å². The summed E-state index contributed by atoms with van der Waals surface area (Å²) >= 11 is 1.59. The number of carboxylic acids is 1. The Hall–Kier alpha value is -1.71. The SMILES string of the molecule is CSC(COCCCC1CCCCC1)CC(NC(=O)c1ccccc1-c1ccccc1C)C(=O)O.[H-].[Li+]. The van der Waals surface area contributed by atoms with Gasteiger partial charge in [0, 0.05) is 17.4 Å². The van der Waals surface area contributed by atoms with Crippen LogP contribution in [0.1, 0.15) is 68.7 Å². The molecule has 7 heteroatoms. The number of hydrogen-bond donors (Lipinski definition) is 2. The second-order valence-electron chi connectivity index (χ2n) is 9.54. The van der Waals surface area contributed by atoms with E-state index in [0.29, 0.717) is 25.2 Å². The molecule has 1 saturated carbocycles. The van der Waals surface area contributed by atoms with Crippen LogP contribution in [-0.2, 0) is 9.53 Å². The first kappa shape index (κ1) is 30.5. The molecule has 192 valence electrons. The summed E-state index contributed by atoms with van der Waals surface area (Å²) in [4.78, 5) is 25.2. The van der Waals surface area contributed by atoms with Gasteiger partial charge < -0.3 is 16.6 Å². The number of amides is 1. The number of carboxylic acid groups (broad SMARTS) is 1. The second-order valence-corrected chi connectivity index (χ2v) is 10.7. The molecule has 2 aromatic carbocycles. The zero-order valence-electron chi connectivity index (χ0n) is 23.0. The van der Waals surface area contributed by atoms with Crippen molar-refractivity contribution in [2.75, 3.05) is 19.5 Å². The summed E-state index contributed by atoms with van der Waals surface area (Å²) in [7, 11) is 0. The third-order valence-corrected chi connectivity index (χ3v) is 7.97. The van der Waals surface area contributed by atoms with Gasteiger partial charge in [0.05, 0.1) is 6.61 Å². The molecular weight excluding hydrogens is 465 g/mol. The maximum Gasteiger partial charge on any atom is 1.00 e. The molecule has 5 nitrogen and oxygen atoms in total. The average molecular weight is 506 g/mol. The molecule has 2 atom stereocenters. The van der Waals surface area contributed by atoms with E-state index in [1.807, 2.05) is 49.6 Å². The molecular formula is C29H40LiNO4S. The molecule has 0 radical (unpaired) electrons. The van der Waals surface area contributed by atoms with Gasteiger partial charge in [-0.15, -0.1) is 0 Å². The average Bonchev–Trinajstić information content (AvgIpc) is 2.88. The molecule has 2 aromatic rings. The molecule has 2 unspecified atom stereocenters. The van der Waals surface area contributed by atoms with E-state index in [0.717, 1.165) is 29.0 Å². The maximum absolute atomic E-state index is 13.2. The van der Waals surface area contributed by atoms with Gasteiger partial charge in [0.1, 0.15) is 6.04 Å². The molecule has 0 saturated heterocycles. The van der Waals surface area contributed by atoms with Crippen molar-refractivity contribution in [3.05, 3.63) is 59.7 Å². The number of aliphatic carboxylic acids is 1. The van der Waals surface area contributed by atoms with Crippen LogP contribution in [0.3, 0.4) is 0 Å². The predicted octanol–water partition coefficient (Wildman–Crippen LogP) is 3.46. The van der Waals surface area contributed by atoms with Crippen LogP contribution in [0.5, 0.6) is 0 Å². The number of hydrogen-bond acceptors (Lipinski definition) is 4. The maximum atomic E-state index is 13.2. The van der Waals surface area contributed by atoms with Gasteiger partial charge in [0.15, 0.2) is 0 Å². The molecule has 0 aliphatic heterocycles. The summed E-state index contributed by atoms with van der Waals surface area (Å²) in [6.07, 6.45) is 11.3. The third-order valence-electron chi connectivity index (χ3n) is 6.97. The summed E-state index contributed by atoms with van der Waals surface area (Å²) < 4.78 is 5.91. The van der Waals surface area contributed by atoms with E-state index in [1.165, 1.54) is 38.5 Å². The number of carbonyl (C=O) groups excluding carboxylic acids is 1. The van der Waals surface area contributed by atoms with Crippen LogP contribution >= 0.6 is 11.8 Å². The van der Waals surface area contributed by atoms with Crippen LogP contribution in [0.25, 0.3) is 11.1 Å². The molecule has 1 aliphatic rings. The van der Waals surface area contributed by atoms with Gasteiger partial charge >= 0.3 is 24.8 Å². The van der Waals surface area contributed by atoms with Gasteiger partial charge in [-0.2, -0.15) is 11.8 Å². The Balaban J connectivity index is 0.00000342. The quantitative estimate of drug-likeness (QED) is 0.322. The minimum absolute atomic E-state index is 0. The summed E-state index contributed by atoms with van der Waals surface area (Å²) in [5.74, 6) is -0.551. The standard InChI is InChI=1S/C29H39NO4S.Li.H/c1-21-11-6-7-15-24(21)25-16-8-9-17-26(25)28(31)30-27(29(32)33)19-23(35-2)20-34-18-10-14-22-12-4-3-5-13-22;;/h6-9,11,15-17,22-23,27H,3-5,10,12-14,18-20H2,1-2H3,(H,30,31)(H,32,33);;/q;+1;-1. The van der Waals surface area contributed by atoms with E-state index in [1.54, 1.807) is 23.9 Å². The van der Waals surface area contributed by atoms with Crippen LogP contribution in [-0.4, -0.2) is 47.7 Å². The van der Waals surface area contributed by atoms with Crippen molar-refractivity contribution < 1.29 is 39.7 Å². The minimum Gasteiger partial charge on any atom is -1.00 e. The monoisotopic (exact) mass is 505 g/mol. The van der Waals surface area contributed by atoms with Crippen LogP contribution in [0.2, 0.25) is 0 Å². The Morgan fingerprint density at radius 2 is 1.75 bits per heavy atom. The van der Waals surface area contributed by atoms with Crippen molar-refractivity contribution in [2.45, 2.75) is 69.6 Å². The van der Waals surface area contributed by atoms with Gasteiger partial charge in [-0.05, 0) is 61.1 Å². The Morgan fingerprint density at radius 1 is 1.08 bits per heavy atom. The summed E-state index contributed by atoms with van der Waals surface area (Å²) in [5.41, 5.74) is 3.31. The number of thioether (sulfide) groups is 1. The summed E-state index contributed by atoms with van der Waals surface area (Å²) in [5, 5.41) is 12.6. The van der Waals surface area contributed by atoms with E-state index in [9.17, 15) is 14.7 Å². The predicted molar refractivity (Wildman–Crippen MR) is 145 cm³/mol. The van der Waals surface area contributed by atoms with Crippen LogP contribution < -0.4 is 24.2 Å².